The second kappa shape index (κ2) is 5.07. The maximum Gasteiger partial charge on any atom is 0.254 e. The summed E-state index contributed by atoms with van der Waals surface area (Å²) in [7, 11) is 0. The number of nitrogens with zero attached hydrogens (tertiary/aromatic N) is 1. The Hall–Kier alpha value is -1.16. The second-order valence-electron chi connectivity index (χ2n) is 3.95. The zero-order valence-corrected chi connectivity index (χ0v) is 9.85. The van der Waals surface area contributed by atoms with Crippen molar-refractivity contribution >= 4 is 0 Å². The molecule has 0 aromatic carbocycles. The van der Waals surface area contributed by atoms with Gasteiger partial charge in [0.25, 0.3) is 5.56 Å². The molecule has 0 saturated heterocycles. The Labute approximate surface area is 90.1 Å². The van der Waals surface area contributed by atoms with Crippen LogP contribution in [-0.4, -0.2) is 16.5 Å². The molecule has 0 bridgehead atoms. The summed E-state index contributed by atoms with van der Waals surface area (Å²) >= 11 is 0. The molecule has 1 rings (SSSR count). The molecule has 15 heavy (non-hydrogen) atoms. The molecule has 0 aliphatic rings. The van der Waals surface area contributed by atoms with Gasteiger partial charge in [0.15, 0.2) is 0 Å². The summed E-state index contributed by atoms with van der Waals surface area (Å²) in [4.78, 5) is 18.9. The largest absolute Gasteiger partial charge is 0.310 e. The highest BCUT2D eigenvalue weighted by Gasteiger charge is 2.10. The quantitative estimate of drug-likeness (QED) is 0.786. The van der Waals surface area contributed by atoms with Gasteiger partial charge in [-0.15, -0.1) is 0 Å². The van der Waals surface area contributed by atoms with E-state index < -0.39 is 0 Å². The molecule has 4 heteroatoms. The predicted octanol–water partition coefficient (Wildman–Crippen LogP) is 1.31. The third-order valence-corrected chi connectivity index (χ3v) is 2.31. The van der Waals surface area contributed by atoms with E-state index >= 15 is 0 Å². The fourth-order valence-corrected chi connectivity index (χ4v) is 1.66. The molecule has 0 fully saturated rings. The van der Waals surface area contributed by atoms with Crippen LogP contribution in [0.4, 0.5) is 0 Å². The van der Waals surface area contributed by atoms with Crippen molar-refractivity contribution in [3.8, 4) is 0 Å². The zero-order valence-electron chi connectivity index (χ0n) is 9.85. The fraction of sp³-hybridized carbons (Fsp3) is 0.636. The maximum atomic E-state index is 11.7. The minimum Gasteiger partial charge on any atom is -0.310 e. The molecule has 0 amide bonds. The Morgan fingerprint density at radius 3 is 2.60 bits per heavy atom. The maximum absolute atomic E-state index is 11.7. The van der Waals surface area contributed by atoms with Crippen molar-refractivity contribution in [1.29, 1.82) is 0 Å². The molecule has 0 radical (unpaired) electrons. The summed E-state index contributed by atoms with van der Waals surface area (Å²) in [6.07, 6.45) is 0. The average molecular weight is 209 g/mol. The molecule has 0 aliphatic heterocycles. The zero-order chi connectivity index (χ0) is 11.4. The van der Waals surface area contributed by atoms with Gasteiger partial charge in [0.05, 0.1) is 6.54 Å². The van der Waals surface area contributed by atoms with E-state index in [-0.39, 0.29) is 11.5 Å². The normalized spacial score (nSPS) is 11.0. The number of hydrogen-bond acceptors (Lipinski definition) is 3. The molecular formula is C11H19N3O. The standard InChI is InChI=1S/C11H19N3O/c1-5-12-6-9-13-8(4)10(7(2)3)11(15)14-9/h7,12H,5-6H2,1-4H3,(H,13,14,15). The highest BCUT2D eigenvalue weighted by Crippen LogP contribution is 2.11. The van der Waals surface area contributed by atoms with E-state index in [0.717, 1.165) is 17.8 Å². The molecule has 1 aromatic heterocycles. The van der Waals surface area contributed by atoms with Gasteiger partial charge in [-0.05, 0) is 19.4 Å². The van der Waals surface area contributed by atoms with Crippen LogP contribution in [0.3, 0.4) is 0 Å². The lowest BCUT2D eigenvalue weighted by molar-refractivity contribution is 0.675. The van der Waals surface area contributed by atoms with Gasteiger partial charge in [0, 0.05) is 11.3 Å². The van der Waals surface area contributed by atoms with Gasteiger partial charge in [-0.1, -0.05) is 20.8 Å². The summed E-state index contributed by atoms with van der Waals surface area (Å²) in [5.74, 6) is 0.929. The van der Waals surface area contributed by atoms with E-state index in [0.29, 0.717) is 12.4 Å². The Balaban J connectivity index is 3.03. The Bertz CT molecular complexity index is 382. The number of H-pyrrole nitrogens is 1. The van der Waals surface area contributed by atoms with Gasteiger partial charge in [0.1, 0.15) is 5.82 Å². The molecule has 84 valence electrons. The van der Waals surface area contributed by atoms with Crippen LogP contribution in [0.1, 0.15) is 43.8 Å². The van der Waals surface area contributed by atoms with Crippen LogP contribution in [-0.2, 0) is 6.54 Å². The van der Waals surface area contributed by atoms with Crippen LogP contribution in [0, 0.1) is 6.92 Å². The molecule has 0 atom stereocenters. The summed E-state index contributed by atoms with van der Waals surface area (Å²) < 4.78 is 0. The first-order valence-corrected chi connectivity index (χ1v) is 5.36. The van der Waals surface area contributed by atoms with Gasteiger partial charge in [-0.25, -0.2) is 4.98 Å². The summed E-state index contributed by atoms with van der Waals surface area (Å²) in [5.41, 5.74) is 1.61. The summed E-state index contributed by atoms with van der Waals surface area (Å²) in [6, 6.07) is 0. The molecule has 4 nitrogen and oxygen atoms in total. The summed E-state index contributed by atoms with van der Waals surface area (Å²) in [6.45, 7) is 9.40. The second-order valence-corrected chi connectivity index (χ2v) is 3.95. The molecule has 2 N–H and O–H groups in total. The third kappa shape index (κ3) is 2.89. The van der Waals surface area contributed by atoms with E-state index in [1.54, 1.807) is 0 Å². The minimum absolute atomic E-state index is 0.00889. The number of aromatic amines is 1. The Morgan fingerprint density at radius 1 is 1.47 bits per heavy atom. The van der Waals surface area contributed by atoms with Gasteiger partial charge in [-0.3, -0.25) is 4.79 Å². The Morgan fingerprint density at radius 2 is 2.13 bits per heavy atom. The van der Waals surface area contributed by atoms with Crippen LogP contribution in [0.2, 0.25) is 0 Å². The van der Waals surface area contributed by atoms with E-state index in [2.05, 4.69) is 15.3 Å². The van der Waals surface area contributed by atoms with Crippen LogP contribution in [0.5, 0.6) is 0 Å². The molecule has 1 aromatic rings. The van der Waals surface area contributed by atoms with Gasteiger partial charge < -0.3 is 10.3 Å². The average Bonchev–Trinajstić information content (AvgIpc) is 2.12. The lowest BCUT2D eigenvalue weighted by Crippen LogP contribution is -2.23. The van der Waals surface area contributed by atoms with E-state index in [1.165, 1.54) is 0 Å². The molecule has 0 aliphatic carbocycles. The highest BCUT2D eigenvalue weighted by atomic mass is 16.1. The minimum atomic E-state index is -0.00889. The first kappa shape index (κ1) is 11.9. The number of aromatic nitrogens is 2. The van der Waals surface area contributed by atoms with Gasteiger partial charge >= 0.3 is 0 Å². The van der Waals surface area contributed by atoms with Crippen molar-refractivity contribution in [2.75, 3.05) is 6.54 Å². The molecule has 0 spiro atoms. The van der Waals surface area contributed by atoms with Gasteiger partial charge in [0.2, 0.25) is 0 Å². The molecule has 1 heterocycles. The topological polar surface area (TPSA) is 57.8 Å². The summed E-state index contributed by atoms with van der Waals surface area (Å²) in [5, 5.41) is 3.14. The van der Waals surface area contributed by atoms with Crippen molar-refractivity contribution in [3.63, 3.8) is 0 Å². The third-order valence-electron chi connectivity index (χ3n) is 2.31. The fourth-order valence-electron chi connectivity index (χ4n) is 1.66. The molecule has 0 unspecified atom stereocenters. The number of aryl methyl sites for hydroxylation is 1. The lowest BCUT2D eigenvalue weighted by atomic mass is 10.0. The number of nitrogens with one attached hydrogen (secondary N) is 2. The van der Waals surface area contributed by atoms with Crippen LogP contribution in [0.15, 0.2) is 4.79 Å². The number of rotatable bonds is 4. The SMILES string of the molecule is CCNCc1nc(C)c(C(C)C)c(=O)[nH]1. The Kier molecular flexibility index (Phi) is 4.03. The molecule has 0 saturated carbocycles. The van der Waals surface area contributed by atoms with Crippen molar-refractivity contribution in [1.82, 2.24) is 15.3 Å². The smallest absolute Gasteiger partial charge is 0.254 e. The van der Waals surface area contributed by atoms with Crippen molar-refractivity contribution < 1.29 is 0 Å². The molecular weight excluding hydrogens is 190 g/mol. The van der Waals surface area contributed by atoms with Gasteiger partial charge in [-0.2, -0.15) is 0 Å². The van der Waals surface area contributed by atoms with E-state index in [4.69, 9.17) is 0 Å². The van der Waals surface area contributed by atoms with Crippen LogP contribution >= 0.6 is 0 Å². The lowest BCUT2D eigenvalue weighted by Gasteiger charge is -2.09. The first-order valence-electron chi connectivity index (χ1n) is 5.36. The van der Waals surface area contributed by atoms with E-state index in [9.17, 15) is 4.79 Å². The van der Waals surface area contributed by atoms with Crippen molar-refractivity contribution in [2.45, 2.75) is 40.2 Å². The van der Waals surface area contributed by atoms with Crippen LogP contribution in [0.25, 0.3) is 0 Å². The van der Waals surface area contributed by atoms with Crippen LogP contribution < -0.4 is 10.9 Å². The first-order chi connectivity index (χ1) is 7.06. The highest BCUT2D eigenvalue weighted by molar-refractivity contribution is 5.19. The number of hydrogen-bond donors (Lipinski definition) is 2. The van der Waals surface area contributed by atoms with Crippen molar-refractivity contribution in [2.24, 2.45) is 0 Å². The van der Waals surface area contributed by atoms with E-state index in [1.807, 2.05) is 27.7 Å². The predicted molar refractivity (Wildman–Crippen MR) is 61.1 cm³/mol. The van der Waals surface area contributed by atoms with Crippen molar-refractivity contribution in [3.05, 3.63) is 27.4 Å². The monoisotopic (exact) mass is 209 g/mol.